The van der Waals surface area contributed by atoms with Gasteiger partial charge in [-0.05, 0) is 41.8 Å². The van der Waals surface area contributed by atoms with Gasteiger partial charge in [0.25, 0.3) is 0 Å². The first-order chi connectivity index (χ1) is 9.28. The van der Waals surface area contributed by atoms with Gasteiger partial charge in [-0.2, -0.15) is 0 Å². The summed E-state index contributed by atoms with van der Waals surface area (Å²) >= 11 is 1.77. The third-order valence-electron chi connectivity index (χ3n) is 3.28. The Labute approximate surface area is 117 Å². The molecule has 1 aliphatic rings. The number of fused-ring (bicyclic) bond motifs is 1. The van der Waals surface area contributed by atoms with Crippen molar-refractivity contribution in [2.24, 2.45) is 0 Å². The van der Waals surface area contributed by atoms with Gasteiger partial charge in [-0.15, -0.1) is 11.3 Å². The number of nitrogens with zero attached hydrogens (tertiary/aromatic N) is 1. The minimum absolute atomic E-state index is 0.180. The van der Waals surface area contributed by atoms with Crippen LogP contribution in [0.2, 0.25) is 0 Å². The molecule has 2 aromatic rings. The van der Waals surface area contributed by atoms with E-state index in [1.54, 1.807) is 18.4 Å². The van der Waals surface area contributed by atoms with Gasteiger partial charge in [-0.1, -0.05) is 0 Å². The average Bonchev–Trinajstić information content (AvgIpc) is 2.91. The van der Waals surface area contributed by atoms with E-state index in [1.807, 2.05) is 24.3 Å². The first-order valence-electron chi connectivity index (χ1n) is 6.16. The second-order valence-electron chi connectivity index (χ2n) is 4.50. The third kappa shape index (κ3) is 2.31. The number of thiophene rings is 1. The quantitative estimate of drug-likeness (QED) is 0.920. The second-order valence-corrected chi connectivity index (χ2v) is 5.44. The predicted octanol–water partition coefficient (Wildman–Crippen LogP) is 3.78. The van der Waals surface area contributed by atoms with Crippen LogP contribution in [-0.4, -0.2) is 19.1 Å². The number of nitrogens with one attached hydrogen (secondary N) is 1. The summed E-state index contributed by atoms with van der Waals surface area (Å²) in [5.74, 6) is 0.874. The van der Waals surface area contributed by atoms with E-state index in [0.29, 0.717) is 0 Å². The third-order valence-corrected chi connectivity index (χ3v) is 4.18. The average molecular weight is 272 g/mol. The van der Waals surface area contributed by atoms with Gasteiger partial charge >= 0.3 is 0 Å². The van der Waals surface area contributed by atoms with Gasteiger partial charge in [0.05, 0.1) is 7.11 Å². The van der Waals surface area contributed by atoms with Crippen LogP contribution in [-0.2, 0) is 0 Å². The van der Waals surface area contributed by atoms with E-state index in [1.165, 1.54) is 10.4 Å². The molecular weight excluding hydrogens is 256 g/mol. The van der Waals surface area contributed by atoms with Crippen molar-refractivity contribution in [2.45, 2.75) is 6.17 Å². The van der Waals surface area contributed by atoms with Crippen molar-refractivity contribution in [3.8, 4) is 5.75 Å². The van der Waals surface area contributed by atoms with Crippen molar-refractivity contribution in [1.29, 1.82) is 0 Å². The Hall–Kier alpha value is -1.94. The summed E-state index contributed by atoms with van der Waals surface area (Å²) in [7, 11) is 3.76. The lowest BCUT2D eigenvalue weighted by Crippen LogP contribution is -2.28. The van der Waals surface area contributed by atoms with Crippen LogP contribution in [0.4, 0.5) is 5.69 Å². The summed E-state index contributed by atoms with van der Waals surface area (Å²) in [6.07, 6.45) is 4.45. The molecule has 1 aromatic heterocycles. The van der Waals surface area contributed by atoms with Crippen LogP contribution in [0.3, 0.4) is 0 Å². The van der Waals surface area contributed by atoms with E-state index >= 15 is 0 Å². The molecule has 19 heavy (non-hydrogen) atoms. The number of anilines is 1. The highest BCUT2D eigenvalue weighted by Crippen LogP contribution is 2.33. The lowest BCUT2D eigenvalue weighted by atomic mass is 10.1. The van der Waals surface area contributed by atoms with Crippen molar-refractivity contribution < 1.29 is 4.74 Å². The molecule has 2 heterocycles. The number of methoxy groups -OCH3 is 1. The van der Waals surface area contributed by atoms with Gasteiger partial charge in [-0.3, -0.25) is 0 Å². The first-order valence-corrected chi connectivity index (χ1v) is 7.04. The molecule has 4 heteroatoms. The van der Waals surface area contributed by atoms with Crippen molar-refractivity contribution >= 4 is 23.1 Å². The molecule has 1 aromatic carbocycles. The molecule has 0 aliphatic carbocycles. The van der Waals surface area contributed by atoms with Crippen LogP contribution < -0.4 is 10.1 Å². The monoisotopic (exact) mass is 272 g/mol. The summed E-state index contributed by atoms with van der Waals surface area (Å²) in [4.78, 5) is 3.50. The molecule has 3 rings (SSSR count). The highest BCUT2D eigenvalue weighted by molar-refractivity contribution is 7.11. The van der Waals surface area contributed by atoms with Gasteiger partial charge in [0.2, 0.25) is 0 Å². The Morgan fingerprint density at radius 1 is 1.21 bits per heavy atom. The van der Waals surface area contributed by atoms with E-state index in [9.17, 15) is 0 Å². The van der Waals surface area contributed by atoms with Gasteiger partial charge in [0.1, 0.15) is 11.9 Å². The summed E-state index contributed by atoms with van der Waals surface area (Å²) in [6, 6.07) is 10.2. The smallest absolute Gasteiger partial charge is 0.126 e. The minimum Gasteiger partial charge on any atom is -0.497 e. The van der Waals surface area contributed by atoms with Crippen molar-refractivity contribution in [1.82, 2.24) is 4.90 Å². The largest absolute Gasteiger partial charge is 0.497 e. The normalized spacial score (nSPS) is 17.2. The zero-order chi connectivity index (χ0) is 13.2. The highest BCUT2D eigenvalue weighted by atomic mass is 32.1. The van der Waals surface area contributed by atoms with Crippen LogP contribution in [0.25, 0.3) is 6.08 Å². The maximum absolute atomic E-state index is 5.18. The van der Waals surface area contributed by atoms with E-state index in [4.69, 9.17) is 4.74 Å². The number of benzene rings is 1. The van der Waals surface area contributed by atoms with Crippen molar-refractivity contribution in [3.63, 3.8) is 0 Å². The van der Waals surface area contributed by atoms with E-state index in [0.717, 1.165) is 11.4 Å². The maximum Gasteiger partial charge on any atom is 0.126 e. The fourth-order valence-electron chi connectivity index (χ4n) is 2.21. The van der Waals surface area contributed by atoms with Crippen LogP contribution in [0.15, 0.2) is 41.9 Å². The lowest BCUT2D eigenvalue weighted by molar-refractivity contribution is 0.368. The number of rotatable bonds is 3. The van der Waals surface area contributed by atoms with Crippen molar-refractivity contribution in [2.75, 3.05) is 19.5 Å². The molecule has 0 fully saturated rings. The molecule has 0 spiro atoms. The Bertz CT molecular complexity index is 588. The predicted molar refractivity (Wildman–Crippen MR) is 80.5 cm³/mol. The second kappa shape index (κ2) is 4.97. The fraction of sp³-hybridized carbons (Fsp3) is 0.200. The number of ether oxygens (including phenoxy) is 1. The van der Waals surface area contributed by atoms with Gasteiger partial charge in [-0.25, -0.2) is 0 Å². The van der Waals surface area contributed by atoms with Crippen LogP contribution in [0, 0.1) is 0 Å². The topological polar surface area (TPSA) is 24.5 Å². The standard InChI is InChI=1S/C15H16N2OS/c1-17-9-7-14-13(8-10-19-14)15(17)16-11-3-5-12(18-2)6-4-11/h3-10,15-16H,1-2H3. The summed E-state index contributed by atoms with van der Waals surface area (Å²) in [5, 5.41) is 5.69. The molecular formula is C15H16N2OS. The molecule has 0 amide bonds. The summed E-state index contributed by atoms with van der Waals surface area (Å²) in [5.41, 5.74) is 2.41. The first kappa shape index (κ1) is 12.1. The molecule has 0 bridgehead atoms. The Morgan fingerprint density at radius 3 is 2.74 bits per heavy atom. The highest BCUT2D eigenvalue weighted by Gasteiger charge is 2.21. The lowest BCUT2D eigenvalue weighted by Gasteiger charge is -2.31. The van der Waals surface area contributed by atoms with Crippen LogP contribution >= 0.6 is 11.3 Å². The van der Waals surface area contributed by atoms with E-state index < -0.39 is 0 Å². The molecule has 1 unspecified atom stereocenters. The summed E-state index contributed by atoms with van der Waals surface area (Å²) < 4.78 is 5.18. The molecule has 0 saturated carbocycles. The molecule has 1 atom stereocenters. The Kier molecular flexibility index (Phi) is 3.17. The van der Waals surface area contributed by atoms with Gasteiger partial charge in [0, 0.05) is 29.4 Å². The van der Waals surface area contributed by atoms with Crippen molar-refractivity contribution in [3.05, 3.63) is 52.4 Å². The Balaban J connectivity index is 1.84. The van der Waals surface area contributed by atoms with Crippen LogP contribution in [0.1, 0.15) is 16.6 Å². The maximum atomic E-state index is 5.18. The fourth-order valence-corrected chi connectivity index (χ4v) is 3.02. The molecule has 0 radical (unpaired) electrons. The SMILES string of the molecule is COc1ccc(NC2c3ccsc3C=CN2C)cc1. The summed E-state index contributed by atoms with van der Waals surface area (Å²) in [6.45, 7) is 0. The molecule has 1 N–H and O–H groups in total. The molecule has 98 valence electrons. The Morgan fingerprint density at radius 2 is 2.00 bits per heavy atom. The van der Waals surface area contributed by atoms with Crippen LogP contribution in [0.5, 0.6) is 5.75 Å². The van der Waals surface area contributed by atoms with E-state index in [2.05, 4.69) is 41.0 Å². The minimum atomic E-state index is 0.180. The van der Waals surface area contributed by atoms with Gasteiger partial charge in [0.15, 0.2) is 0 Å². The molecule has 3 nitrogen and oxygen atoms in total. The zero-order valence-corrected chi connectivity index (χ0v) is 11.8. The number of hydrogen-bond acceptors (Lipinski definition) is 4. The zero-order valence-electron chi connectivity index (χ0n) is 11.0. The molecule has 1 aliphatic heterocycles. The van der Waals surface area contributed by atoms with E-state index in [-0.39, 0.29) is 6.17 Å². The number of hydrogen-bond donors (Lipinski definition) is 1. The molecule has 0 saturated heterocycles. The van der Waals surface area contributed by atoms with Gasteiger partial charge < -0.3 is 15.0 Å².